The highest BCUT2D eigenvalue weighted by Crippen LogP contribution is 2.57. The molecule has 2 N–H and O–H groups in total. The van der Waals surface area contributed by atoms with Gasteiger partial charge in [-0.05, 0) is 110 Å². The van der Waals surface area contributed by atoms with E-state index in [0.29, 0.717) is 11.2 Å². The van der Waals surface area contributed by atoms with Crippen molar-refractivity contribution >= 4 is 0 Å². The molecule has 1 spiro atoms. The Balaban J connectivity index is 1.52. The van der Waals surface area contributed by atoms with Gasteiger partial charge in [0.15, 0.2) is 0 Å². The van der Waals surface area contributed by atoms with Gasteiger partial charge < -0.3 is 10.2 Å². The van der Waals surface area contributed by atoms with E-state index in [0.717, 1.165) is 42.9 Å². The quantitative estimate of drug-likeness (QED) is 0.609. The second kappa shape index (κ2) is 8.61. The van der Waals surface area contributed by atoms with Crippen molar-refractivity contribution in [3.63, 3.8) is 0 Å². The van der Waals surface area contributed by atoms with Gasteiger partial charge in [-0.25, -0.2) is 0 Å². The van der Waals surface area contributed by atoms with E-state index in [-0.39, 0.29) is 6.61 Å². The Morgan fingerprint density at radius 3 is 2.75 bits per heavy atom. The maximum Gasteiger partial charge on any atom is 0.116 e. The van der Waals surface area contributed by atoms with E-state index in [1.807, 2.05) is 12.1 Å². The molecule has 0 saturated heterocycles. The molecule has 2 fully saturated rings. The normalized spacial score (nSPS) is 35.1. The van der Waals surface area contributed by atoms with Crippen molar-refractivity contribution < 1.29 is 10.2 Å². The lowest BCUT2D eigenvalue weighted by Crippen LogP contribution is -2.45. The summed E-state index contributed by atoms with van der Waals surface area (Å²) in [5.74, 6) is 3.70. The summed E-state index contributed by atoms with van der Waals surface area (Å²) < 4.78 is 0. The van der Waals surface area contributed by atoms with Crippen molar-refractivity contribution in [2.45, 2.75) is 77.6 Å². The Morgan fingerprint density at radius 2 is 1.93 bits per heavy atom. The van der Waals surface area contributed by atoms with Crippen LogP contribution in [0.5, 0.6) is 5.75 Å². The first-order valence-corrected chi connectivity index (χ1v) is 11.7. The summed E-state index contributed by atoms with van der Waals surface area (Å²) in [5.41, 5.74) is 2.94. The molecule has 4 rings (SSSR count). The van der Waals surface area contributed by atoms with Crippen LogP contribution in [0.3, 0.4) is 0 Å². The number of rotatable bonds is 5. The minimum absolute atomic E-state index is 0.214. The lowest BCUT2D eigenvalue weighted by atomic mass is 9.51. The summed E-state index contributed by atoms with van der Waals surface area (Å²) >= 11 is 0. The monoisotopic (exact) mass is 382 g/mol. The van der Waals surface area contributed by atoms with E-state index in [1.54, 1.807) is 0 Å². The Morgan fingerprint density at radius 1 is 1.07 bits per heavy atom. The molecule has 154 valence electrons. The molecule has 0 aliphatic heterocycles. The average Bonchev–Trinajstić information content (AvgIpc) is 2.67. The van der Waals surface area contributed by atoms with Gasteiger partial charge in [0.05, 0.1) is 0 Å². The molecular formula is C26H38O2. The molecule has 5 atom stereocenters. The Kier molecular flexibility index (Phi) is 6.16. The number of fused-ring (bicyclic) bond motifs is 2. The van der Waals surface area contributed by atoms with Crippen LogP contribution in [0.4, 0.5) is 0 Å². The molecule has 2 nitrogen and oxygen atoms in total. The van der Waals surface area contributed by atoms with Crippen molar-refractivity contribution in [2.75, 3.05) is 6.61 Å². The standard InChI is InChI=1S/C26H38O2/c1-19-6-3-11-26(18-19)12-4-9-24-22(8-2-10-25(24)26)15-21-14-20(7-5-13-27)16-23(28)17-21/h3,11,14,16-17,19,22,24-25,27-28H,2,4-10,12-13,15,18H2,1H3/t19-,22-,24+,25+,26-/m1/s1. The molecule has 3 aliphatic rings. The van der Waals surface area contributed by atoms with Crippen LogP contribution in [0.1, 0.15) is 75.8 Å². The minimum atomic E-state index is 0.214. The Hall–Kier alpha value is -1.28. The number of hydrogen-bond acceptors (Lipinski definition) is 2. The van der Waals surface area contributed by atoms with Crippen molar-refractivity contribution in [3.8, 4) is 5.75 Å². The summed E-state index contributed by atoms with van der Waals surface area (Å²) in [6.45, 7) is 2.65. The van der Waals surface area contributed by atoms with Crippen molar-refractivity contribution in [1.82, 2.24) is 0 Å². The lowest BCUT2D eigenvalue weighted by Gasteiger charge is -2.54. The van der Waals surface area contributed by atoms with E-state index in [2.05, 4.69) is 25.1 Å². The first-order valence-electron chi connectivity index (χ1n) is 11.7. The maximum absolute atomic E-state index is 10.2. The summed E-state index contributed by atoms with van der Waals surface area (Å²) in [4.78, 5) is 0. The second-order valence-electron chi connectivity index (χ2n) is 10.1. The maximum atomic E-state index is 10.2. The van der Waals surface area contributed by atoms with Crippen LogP contribution in [-0.4, -0.2) is 16.8 Å². The molecule has 0 unspecified atom stereocenters. The molecule has 1 aromatic carbocycles. The largest absolute Gasteiger partial charge is 0.508 e. The highest BCUT2D eigenvalue weighted by Gasteiger charge is 2.48. The fraction of sp³-hybridized carbons (Fsp3) is 0.692. The smallest absolute Gasteiger partial charge is 0.116 e. The van der Waals surface area contributed by atoms with Gasteiger partial charge in [0, 0.05) is 6.61 Å². The van der Waals surface area contributed by atoms with Crippen molar-refractivity contribution in [1.29, 1.82) is 0 Å². The molecule has 0 aromatic heterocycles. The number of aryl methyl sites for hydroxylation is 1. The van der Waals surface area contributed by atoms with Gasteiger partial charge in [-0.2, -0.15) is 0 Å². The number of allylic oxidation sites excluding steroid dienone is 2. The number of aliphatic hydroxyl groups is 1. The molecule has 2 saturated carbocycles. The van der Waals surface area contributed by atoms with Crippen LogP contribution in [0, 0.1) is 29.1 Å². The van der Waals surface area contributed by atoms with E-state index in [1.165, 1.54) is 62.5 Å². The molecule has 0 bridgehead atoms. The Labute approximate surface area is 171 Å². The van der Waals surface area contributed by atoms with E-state index in [4.69, 9.17) is 5.11 Å². The predicted octanol–water partition coefficient (Wildman–Crippen LogP) is 6.05. The summed E-state index contributed by atoms with van der Waals surface area (Å²) in [5, 5.41) is 19.3. The zero-order valence-electron chi connectivity index (χ0n) is 17.6. The number of aliphatic hydroxyl groups excluding tert-OH is 1. The zero-order chi connectivity index (χ0) is 19.6. The SMILES string of the molecule is C[C@@H]1CC=C[C@@]2(CCC[C@H]3[C@@H](Cc4cc(O)cc(CCCO)c4)CCC[C@@H]32)C1. The molecule has 28 heavy (non-hydrogen) atoms. The summed E-state index contributed by atoms with van der Waals surface area (Å²) in [7, 11) is 0. The molecular weight excluding hydrogens is 344 g/mol. The fourth-order valence-electron chi connectivity index (χ4n) is 7.00. The molecule has 0 heterocycles. The molecule has 0 radical (unpaired) electrons. The Bertz CT molecular complexity index is 694. The third-order valence-corrected chi connectivity index (χ3v) is 8.01. The van der Waals surface area contributed by atoms with Gasteiger partial charge in [-0.1, -0.05) is 38.0 Å². The third-order valence-electron chi connectivity index (χ3n) is 8.01. The fourth-order valence-corrected chi connectivity index (χ4v) is 7.00. The van der Waals surface area contributed by atoms with Crippen LogP contribution in [-0.2, 0) is 12.8 Å². The lowest BCUT2D eigenvalue weighted by molar-refractivity contribution is -0.00558. The summed E-state index contributed by atoms with van der Waals surface area (Å²) in [6, 6.07) is 6.13. The van der Waals surface area contributed by atoms with Crippen LogP contribution in [0.15, 0.2) is 30.4 Å². The topological polar surface area (TPSA) is 40.5 Å². The number of benzene rings is 1. The number of phenolic OH excluding ortho intramolecular Hbond substituents is 1. The van der Waals surface area contributed by atoms with Gasteiger partial charge in [-0.15, -0.1) is 0 Å². The average molecular weight is 383 g/mol. The van der Waals surface area contributed by atoms with Crippen LogP contribution < -0.4 is 0 Å². The number of hydrogen-bond donors (Lipinski definition) is 2. The van der Waals surface area contributed by atoms with Crippen LogP contribution >= 0.6 is 0 Å². The van der Waals surface area contributed by atoms with E-state index < -0.39 is 0 Å². The summed E-state index contributed by atoms with van der Waals surface area (Å²) in [6.07, 6.45) is 18.8. The zero-order valence-corrected chi connectivity index (χ0v) is 17.6. The van der Waals surface area contributed by atoms with Gasteiger partial charge >= 0.3 is 0 Å². The van der Waals surface area contributed by atoms with Crippen molar-refractivity contribution in [2.24, 2.45) is 29.1 Å². The number of aromatic hydroxyl groups is 1. The van der Waals surface area contributed by atoms with Crippen LogP contribution in [0.2, 0.25) is 0 Å². The predicted molar refractivity (Wildman–Crippen MR) is 115 cm³/mol. The van der Waals surface area contributed by atoms with Gasteiger partial charge in [0.1, 0.15) is 5.75 Å². The minimum Gasteiger partial charge on any atom is -0.508 e. The first kappa shape index (κ1) is 20.0. The molecule has 3 aliphatic carbocycles. The second-order valence-corrected chi connectivity index (χ2v) is 10.1. The van der Waals surface area contributed by atoms with Gasteiger partial charge in [0.25, 0.3) is 0 Å². The van der Waals surface area contributed by atoms with E-state index >= 15 is 0 Å². The third kappa shape index (κ3) is 4.17. The number of phenols is 1. The highest BCUT2D eigenvalue weighted by molar-refractivity contribution is 5.34. The van der Waals surface area contributed by atoms with Crippen molar-refractivity contribution in [3.05, 3.63) is 41.5 Å². The first-order chi connectivity index (χ1) is 13.6. The molecule has 2 heteroatoms. The highest BCUT2D eigenvalue weighted by atomic mass is 16.3. The van der Waals surface area contributed by atoms with E-state index in [9.17, 15) is 5.11 Å². The molecule has 0 amide bonds. The molecule has 1 aromatic rings. The van der Waals surface area contributed by atoms with Gasteiger partial charge in [0.2, 0.25) is 0 Å². The van der Waals surface area contributed by atoms with Gasteiger partial charge in [-0.3, -0.25) is 0 Å². The van der Waals surface area contributed by atoms with Crippen LogP contribution in [0.25, 0.3) is 0 Å².